The van der Waals surface area contributed by atoms with E-state index in [4.69, 9.17) is 9.26 Å². The summed E-state index contributed by atoms with van der Waals surface area (Å²) in [6.45, 7) is 5.52. The van der Waals surface area contributed by atoms with Gasteiger partial charge in [0.25, 0.3) is 0 Å². The molecule has 0 amide bonds. The van der Waals surface area contributed by atoms with E-state index in [-0.39, 0.29) is 6.04 Å². The number of nitrogens with zero attached hydrogens (tertiary/aromatic N) is 3. The highest BCUT2D eigenvalue weighted by molar-refractivity contribution is 5.57. The monoisotopic (exact) mass is 276 g/mol. The minimum Gasteiger partial charge on any atom is -0.383 e. The summed E-state index contributed by atoms with van der Waals surface area (Å²) in [5.41, 5.74) is 1.97. The molecule has 2 aromatic heterocycles. The lowest BCUT2D eigenvalue weighted by atomic mass is 10.1. The van der Waals surface area contributed by atoms with Crippen LogP contribution in [0.5, 0.6) is 0 Å². The normalized spacial score (nSPS) is 12.6. The van der Waals surface area contributed by atoms with E-state index in [0.29, 0.717) is 24.7 Å². The predicted molar refractivity (Wildman–Crippen MR) is 75.3 cm³/mol. The Morgan fingerprint density at radius 3 is 3.00 bits per heavy atom. The lowest BCUT2D eigenvalue weighted by Gasteiger charge is -2.14. The van der Waals surface area contributed by atoms with Crippen molar-refractivity contribution in [2.24, 2.45) is 0 Å². The second-order valence-electron chi connectivity index (χ2n) is 4.62. The van der Waals surface area contributed by atoms with Gasteiger partial charge in [0, 0.05) is 37.5 Å². The molecular weight excluding hydrogens is 256 g/mol. The van der Waals surface area contributed by atoms with Gasteiger partial charge in [-0.05, 0) is 25.1 Å². The Labute approximate surface area is 118 Å². The van der Waals surface area contributed by atoms with E-state index in [9.17, 15) is 0 Å². The Bertz CT molecular complexity index is 535. The van der Waals surface area contributed by atoms with Gasteiger partial charge in [-0.1, -0.05) is 12.1 Å². The van der Waals surface area contributed by atoms with E-state index in [2.05, 4.69) is 27.4 Å². The van der Waals surface area contributed by atoms with Crippen molar-refractivity contribution < 1.29 is 9.26 Å². The van der Waals surface area contributed by atoms with Crippen molar-refractivity contribution in [1.29, 1.82) is 0 Å². The van der Waals surface area contributed by atoms with Crippen LogP contribution in [-0.2, 0) is 11.2 Å². The van der Waals surface area contributed by atoms with Crippen LogP contribution in [0.4, 0.5) is 0 Å². The lowest BCUT2D eigenvalue weighted by Crippen LogP contribution is -2.35. The minimum atomic E-state index is 0.178. The number of likely N-dealkylation sites (N-methyl/N-ethyl adjacent to an activating group) is 1. The third kappa shape index (κ3) is 3.61. The highest BCUT2D eigenvalue weighted by Gasteiger charge is 2.15. The first-order valence-electron chi connectivity index (χ1n) is 6.70. The molecule has 0 radical (unpaired) electrons. The van der Waals surface area contributed by atoms with Crippen molar-refractivity contribution in [3.05, 3.63) is 29.9 Å². The molecule has 6 nitrogen and oxygen atoms in total. The highest BCUT2D eigenvalue weighted by atomic mass is 16.5. The number of nitrogens with one attached hydrogen (secondary N) is 1. The van der Waals surface area contributed by atoms with Gasteiger partial charge in [0.2, 0.25) is 11.7 Å². The summed E-state index contributed by atoms with van der Waals surface area (Å²) in [4.78, 5) is 8.51. The third-order valence-electron chi connectivity index (χ3n) is 3.01. The van der Waals surface area contributed by atoms with E-state index in [1.165, 1.54) is 0 Å². The fraction of sp³-hybridized carbons (Fsp3) is 0.500. The van der Waals surface area contributed by atoms with Crippen molar-refractivity contribution in [2.45, 2.75) is 26.3 Å². The average molecular weight is 276 g/mol. The molecule has 1 unspecified atom stereocenters. The van der Waals surface area contributed by atoms with Gasteiger partial charge in [-0.2, -0.15) is 4.98 Å². The summed E-state index contributed by atoms with van der Waals surface area (Å²) in [5.74, 6) is 1.21. The molecule has 6 heteroatoms. The molecule has 0 saturated heterocycles. The molecule has 2 aromatic rings. The number of ether oxygens (including phenoxy) is 1. The first-order valence-corrected chi connectivity index (χ1v) is 6.70. The number of aryl methyl sites for hydroxylation is 1. The summed E-state index contributed by atoms with van der Waals surface area (Å²) in [5, 5.41) is 7.37. The molecule has 0 spiro atoms. The summed E-state index contributed by atoms with van der Waals surface area (Å²) in [6, 6.07) is 2.07. The number of hydrogen-bond donors (Lipinski definition) is 1. The Balaban J connectivity index is 2.10. The number of pyridine rings is 1. The Morgan fingerprint density at radius 2 is 2.30 bits per heavy atom. The lowest BCUT2D eigenvalue weighted by molar-refractivity contribution is 0.162. The molecule has 2 heterocycles. The third-order valence-corrected chi connectivity index (χ3v) is 3.01. The van der Waals surface area contributed by atoms with Gasteiger partial charge < -0.3 is 14.6 Å². The van der Waals surface area contributed by atoms with Crippen LogP contribution in [0.15, 0.2) is 23.0 Å². The fourth-order valence-electron chi connectivity index (χ4n) is 2.06. The van der Waals surface area contributed by atoms with E-state index in [0.717, 1.165) is 17.7 Å². The molecule has 2 rings (SSSR count). The van der Waals surface area contributed by atoms with Crippen LogP contribution in [0.1, 0.15) is 18.4 Å². The molecule has 0 bridgehead atoms. The molecule has 0 aliphatic rings. The first kappa shape index (κ1) is 14.6. The van der Waals surface area contributed by atoms with Gasteiger partial charge >= 0.3 is 0 Å². The van der Waals surface area contributed by atoms with Crippen LogP contribution in [0.2, 0.25) is 0 Å². The Morgan fingerprint density at radius 1 is 1.45 bits per heavy atom. The largest absolute Gasteiger partial charge is 0.383 e. The zero-order valence-corrected chi connectivity index (χ0v) is 12.1. The predicted octanol–water partition coefficient (Wildman–Crippen LogP) is 1.61. The molecule has 1 N–H and O–H groups in total. The Hall–Kier alpha value is -1.79. The van der Waals surface area contributed by atoms with E-state index >= 15 is 0 Å². The van der Waals surface area contributed by atoms with E-state index in [1.807, 2.05) is 13.0 Å². The van der Waals surface area contributed by atoms with E-state index in [1.54, 1.807) is 19.5 Å². The van der Waals surface area contributed by atoms with Crippen LogP contribution < -0.4 is 5.32 Å². The van der Waals surface area contributed by atoms with Crippen LogP contribution >= 0.6 is 0 Å². The standard InChI is InChI=1S/C14H20N4O2/c1-4-16-11(9-19-3)7-13-17-14(18-20-13)12-5-6-15-8-10(12)2/h5-6,8,11,16H,4,7,9H2,1-3H3. The van der Waals surface area contributed by atoms with Gasteiger partial charge in [0.05, 0.1) is 6.61 Å². The molecular formula is C14H20N4O2. The zero-order valence-electron chi connectivity index (χ0n) is 12.1. The summed E-state index contributed by atoms with van der Waals surface area (Å²) >= 11 is 0. The first-order chi connectivity index (χ1) is 9.74. The van der Waals surface area contributed by atoms with Crippen molar-refractivity contribution >= 4 is 0 Å². The van der Waals surface area contributed by atoms with Crippen LogP contribution in [0.25, 0.3) is 11.4 Å². The number of methoxy groups -OCH3 is 1. The van der Waals surface area contributed by atoms with Gasteiger partial charge in [-0.25, -0.2) is 0 Å². The molecule has 0 aromatic carbocycles. The second-order valence-corrected chi connectivity index (χ2v) is 4.62. The second kappa shape index (κ2) is 7.12. The van der Waals surface area contributed by atoms with Crippen LogP contribution in [0.3, 0.4) is 0 Å². The number of rotatable bonds is 7. The smallest absolute Gasteiger partial charge is 0.228 e. The maximum atomic E-state index is 5.32. The molecule has 0 aliphatic carbocycles. The van der Waals surface area contributed by atoms with Gasteiger partial charge in [0.1, 0.15) is 0 Å². The summed E-state index contributed by atoms with van der Waals surface area (Å²) in [6.07, 6.45) is 4.17. The van der Waals surface area contributed by atoms with E-state index < -0.39 is 0 Å². The zero-order chi connectivity index (χ0) is 14.4. The molecule has 108 valence electrons. The summed E-state index contributed by atoms with van der Waals surface area (Å²) in [7, 11) is 1.68. The van der Waals surface area contributed by atoms with Gasteiger partial charge in [0.15, 0.2) is 0 Å². The quantitative estimate of drug-likeness (QED) is 0.828. The maximum absolute atomic E-state index is 5.32. The van der Waals surface area contributed by atoms with Gasteiger partial charge in [-0.15, -0.1) is 0 Å². The maximum Gasteiger partial charge on any atom is 0.228 e. The number of hydrogen-bond acceptors (Lipinski definition) is 6. The molecule has 20 heavy (non-hydrogen) atoms. The molecule has 0 fully saturated rings. The van der Waals surface area contributed by atoms with Crippen LogP contribution in [0, 0.1) is 6.92 Å². The molecule has 0 aliphatic heterocycles. The Kier molecular flexibility index (Phi) is 5.20. The summed E-state index contributed by atoms with van der Waals surface area (Å²) < 4.78 is 10.5. The van der Waals surface area contributed by atoms with Gasteiger partial charge in [-0.3, -0.25) is 4.98 Å². The topological polar surface area (TPSA) is 73.1 Å². The van der Waals surface area contributed by atoms with Crippen molar-refractivity contribution in [3.8, 4) is 11.4 Å². The average Bonchev–Trinajstić information content (AvgIpc) is 2.88. The van der Waals surface area contributed by atoms with Crippen molar-refractivity contribution in [3.63, 3.8) is 0 Å². The fourth-order valence-corrected chi connectivity index (χ4v) is 2.06. The minimum absolute atomic E-state index is 0.178. The van der Waals surface area contributed by atoms with Crippen molar-refractivity contribution in [2.75, 3.05) is 20.3 Å². The SMILES string of the molecule is CCNC(COC)Cc1nc(-c2ccncc2C)no1. The molecule has 1 atom stereocenters. The highest BCUT2D eigenvalue weighted by Crippen LogP contribution is 2.19. The van der Waals surface area contributed by atoms with Crippen molar-refractivity contribution in [1.82, 2.24) is 20.4 Å². The molecule has 0 saturated carbocycles. The van der Waals surface area contributed by atoms with Crippen LogP contribution in [-0.4, -0.2) is 41.4 Å². The number of aromatic nitrogens is 3.